The van der Waals surface area contributed by atoms with Gasteiger partial charge in [0, 0.05) is 16.9 Å². The van der Waals surface area contributed by atoms with Crippen LogP contribution in [-0.2, 0) is 32.1 Å². The van der Waals surface area contributed by atoms with Gasteiger partial charge < -0.3 is 24.6 Å². The van der Waals surface area contributed by atoms with Crippen LogP contribution in [0.25, 0.3) is 10.5 Å². The molecule has 2 aromatic carbocycles. The third-order valence-corrected chi connectivity index (χ3v) is 8.80. The number of thioether (sulfide) groups is 2. The molecule has 0 bridgehead atoms. The fourth-order valence-corrected chi connectivity index (χ4v) is 6.87. The number of hydrogen-bond acceptors (Lipinski definition) is 10. The van der Waals surface area contributed by atoms with Crippen molar-refractivity contribution in [1.29, 1.82) is 0 Å². The number of para-hydroxylation sites is 1. The maximum Gasteiger partial charge on any atom is 0.323 e. The third-order valence-electron chi connectivity index (χ3n) is 6.27. The fraction of sp³-hybridized carbons (Fsp3) is 0.143. The number of allylic oxidation sites excluding steroid dienone is 1. The summed E-state index contributed by atoms with van der Waals surface area (Å²) in [4.78, 5) is 64.7. The molecule has 0 saturated carbocycles. The lowest BCUT2D eigenvalue weighted by atomic mass is 10.1. The highest BCUT2D eigenvalue weighted by molar-refractivity contribution is 8.30. The van der Waals surface area contributed by atoms with E-state index in [0.717, 1.165) is 19.9 Å². The van der Waals surface area contributed by atoms with Crippen molar-refractivity contribution in [3.8, 4) is 0 Å². The number of nitrogens with zero attached hydrogens (tertiary/aromatic N) is 3. The third kappa shape index (κ3) is 6.28. The van der Waals surface area contributed by atoms with Gasteiger partial charge in [-0.2, -0.15) is 0 Å². The van der Waals surface area contributed by atoms with E-state index in [-0.39, 0.29) is 33.2 Å². The first-order valence-corrected chi connectivity index (χ1v) is 14.5. The molecule has 1 amide bonds. The molecule has 0 spiro atoms. The van der Waals surface area contributed by atoms with Gasteiger partial charge in [0.2, 0.25) is 5.55 Å². The minimum atomic E-state index is -1.38. The normalized spacial score (nSPS) is 17.4. The molecule has 3 aromatic rings. The topological polar surface area (TPSA) is 171 Å². The molecule has 15 heteroatoms. The number of hydrogen-bond donors (Lipinski definition) is 3. The van der Waals surface area contributed by atoms with Gasteiger partial charge >= 0.3 is 17.9 Å². The van der Waals surface area contributed by atoms with E-state index < -0.39 is 42.5 Å². The summed E-state index contributed by atoms with van der Waals surface area (Å²) in [6, 6.07) is 16.3. The Kier molecular flexibility index (Phi) is 8.57. The summed E-state index contributed by atoms with van der Waals surface area (Å²) in [5, 5.41) is 28.9. The van der Waals surface area contributed by atoms with Crippen molar-refractivity contribution in [2.75, 3.05) is 18.0 Å². The summed E-state index contributed by atoms with van der Waals surface area (Å²) in [6.45, 7) is -1.93. The Morgan fingerprint density at radius 1 is 0.837 bits per heavy atom. The second-order valence-electron chi connectivity index (χ2n) is 9.22. The molecule has 1 fully saturated rings. The number of aliphatic carboxylic acids is 3. The molecule has 5 rings (SSSR count). The van der Waals surface area contributed by atoms with Gasteiger partial charge in [0.05, 0.1) is 10.7 Å². The summed E-state index contributed by atoms with van der Waals surface area (Å²) in [5.74, 6) is -4.61. The van der Waals surface area contributed by atoms with Gasteiger partial charge in [0.25, 0.3) is 11.5 Å². The number of carbonyl (C=O) groups is 4. The Labute approximate surface area is 256 Å². The number of amides is 1. The Morgan fingerprint density at radius 2 is 1.47 bits per heavy atom. The van der Waals surface area contributed by atoms with Gasteiger partial charge in [-0.25, -0.2) is 0 Å². The minimum absolute atomic E-state index is 0.0882. The molecule has 0 radical (unpaired) electrons. The van der Waals surface area contributed by atoms with Crippen LogP contribution < -0.4 is 21.4 Å². The first-order valence-electron chi connectivity index (χ1n) is 12.5. The molecule has 220 valence electrons. The van der Waals surface area contributed by atoms with E-state index in [2.05, 4.69) is 0 Å². The quantitative estimate of drug-likeness (QED) is 0.288. The molecule has 0 unspecified atom stereocenters. The van der Waals surface area contributed by atoms with Crippen molar-refractivity contribution in [2.24, 2.45) is 0 Å². The van der Waals surface area contributed by atoms with Crippen molar-refractivity contribution in [2.45, 2.75) is 17.9 Å². The number of carbonyl (C=O) groups excluding carboxylic acids is 1. The molecule has 43 heavy (non-hydrogen) atoms. The van der Waals surface area contributed by atoms with Crippen LogP contribution in [0.3, 0.4) is 0 Å². The van der Waals surface area contributed by atoms with E-state index in [9.17, 15) is 39.3 Å². The molecule has 3 heterocycles. The average Bonchev–Trinajstić information content (AvgIpc) is 3.55. The number of rotatable bonds is 9. The zero-order chi connectivity index (χ0) is 30.8. The maximum atomic E-state index is 13.8. The van der Waals surface area contributed by atoms with Gasteiger partial charge in [-0.05, 0) is 35.5 Å². The number of benzene rings is 2. The van der Waals surface area contributed by atoms with Gasteiger partial charge in [-0.15, -0.1) is 0 Å². The predicted molar refractivity (Wildman–Crippen MR) is 162 cm³/mol. The minimum Gasteiger partial charge on any atom is -0.480 e. The number of oxazole rings is 1. The van der Waals surface area contributed by atoms with E-state index in [1.165, 1.54) is 11.8 Å². The molecule has 0 atom stereocenters. The van der Waals surface area contributed by atoms with Crippen molar-refractivity contribution < 1.29 is 38.9 Å². The van der Waals surface area contributed by atoms with Gasteiger partial charge in [0.15, 0.2) is 5.42 Å². The van der Waals surface area contributed by atoms with Gasteiger partial charge in [0.1, 0.15) is 28.9 Å². The van der Waals surface area contributed by atoms with Crippen LogP contribution in [-0.4, -0.2) is 66.0 Å². The number of thiocarbonyl (C=S) groups is 1. The van der Waals surface area contributed by atoms with Crippen molar-refractivity contribution in [3.05, 3.63) is 92.6 Å². The smallest absolute Gasteiger partial charge is 0.323 e. The van der Waals surface area contributed by atoms with Crippen LogP contribution in [0, 0.1) is 0 Å². The van der Waals surface area contributed by atoms with E-state index in [4.69, 9.17) is 16.6 Å². The van der Waals surface area contributed by atoms with Crippen molar-refractivity contribution >= 4 is 80.0 Å². The molecule has 12 nitrogen and oxygen atoms in total. The molecule has 2 aliphatic heterocycles. The predicted octanol–water partition coefficient (Wildman–Crippen LogP) is 1.51. The van der Waals surface area contributed by atoms with E-state index in [1.807, 2.05) is 30.3 Å². The zero-order valence-corrected chi connectivity index (χ0v) is 24.4. The van der Waals surface area contributed by atoms with Crippen LogP contribution in [0.2, 0.25) is 0 Å². The highest BCUT2D eigenvalue weighted by Crippen LogP contribution is 2.46. The first-order chi connectivity index (χ1) is 20.5. The van der Waals surface area contributed by atoms with Crippen molar-refractivity contribution in [1.82, 2.24) is 9.47 Å². The number of fused-ring (bicyclic) bond motifs is 1. The van der Waals surface area contributed by atoms with E-state index >= 15 is 0 Å². The molecule has 1 saturated heterocycles. The summed E-state index contributed by atoms with van der Waals surface area (Å²) in [5.41, 5.74) is 0.264. The number of aromatic nitrogens is 1. The molecule has 1 aromatic heterocycles. The van der Waals surface area contributed by atoms with Crippen LogP contribution in [0.1, 0.15) is 5.56 Å². The first kappa shape index (κ1) is 29.9. The lowest BCUT2D eigenvalue weighted by Crippen LogP contribution is -2.37. The summed E-state index contributed by atoms with van der Waals surface area (Å²) in [6.07, 6.45) is 1.75. The summed E-state index contributed by atoms with van der Waals surface area (Å²) in [7, 11) is 0. The fourth-order valence-electron chi connectivity index (χ4n) is 4.48. The molecular formula is C28H21N3O9S3. The van der Waals surface area contributed by atoms with Crippen molar-refractivity contribution in [3.63, 3.8) is 0 Å². The average molecular weight is 640 g/mol. The SMILES string of the molecule is O=C(O)CN1C(=O)/C(=c2/o/c(=C(/C=C3\Sc4ccccc4N3CC(=O)O)Cc3ccccc3)c(=O)n2CC(=O)O)SC1=S. The Hall–Kier alpha value is -4.60. The zero-order valence-electron chi connectivity index (χ0n) is 22.0. The van der Waals surface area contributed by atoms with Gasteiger partial charge in [-0.3, -0.25) is 33.4 Å². The second-order valence-corrected chi connectivity index (χ2v) is 11.9. The van der Waals surface area contributed by atoms with Crippen LogP contribution >= 0.6 is 35.7 Å². The molecular weight excluding hydrogens is 619 g/mol. The molecule has 2 aliphatic rings. The lowest BCUT2D eigenvalue weighted by Gasteiger charge is -2.18. The molecule has 0 aliphatic carbocycles. The molecule has 3 N–H and O–H groups in total. The second kappa shape index (κ2) is 12.3. The Morgan fingerprint density at radius 3 is 2.14 bits per heavy atom. The van der Waals surface area contributed by atoms with Crippen LogP contribution in [0.4, 0.5) is 5.69 Å². The number of carboxylic acids is 3. The number of anilines is 1. The van der Waals surface area contributed by atoms with Gasteiger partial charge in [-0.1, -0.05) is 66.4 Å². The monoisotopic (exact) mass is 639 g/mol. The summed E-state index contributed by atoms with van der Waals surface area (Å²) >= 11 is 7.16. The standard InChI is InChI=1S/C28H21N3O9S3/c32-20(33)12-29-17-8-4-5-9-18(17)42-19(29)11-16(10-15-6-2-1-3-7-15)23-25(38)30(13-21(34)35)27(40-23)24-26(39)31(14-22(36)37)28(41)43-24/h1-9,11H,10,12-14H2,(H,32,33)(H,34,35)(H,36,37)/b19-11-,23-16+,27-24-. The highest BCUT2D eigenvalue weighted by atomic mass is 32.2. The largest absolute Gasteiger partial charge is 0.480 e. The van der Waals surface area contributed by atoms with Crippen LogP contribution in [0.15, 0.2) is 79.8 Å². The number of carboxylic acid groups (broad SMARTS) is 3. The van der Waals surface area contributed by atoms with E-state index in [1.54, 1.807) is 35.2 Å². The summed E-state index contributed by atoms with van der Waals surface area (Å²) < 4.78 is 6.69. The Balaban J connectivity index is 1.78. The van der Waals surface area contributed by atoms with E-state index in [0.29, 0.717) is 28.1 Å². The van der Waals surface area contributed by atoms with Crippen LogP contribution in [0.5, 0.6) is 0 Å². The maximum absolute atomic E-state index is 13.8. The highest BCUT2D eigenvalue weighted by Gasteiger charge is 2.36. The lowest BCUT2D eigenvalue weighted by molar-refractivity contribution is -0.140. The Bertz CT molecular complexity index is 1900.